The first-order valence-electron chi connectivity index (χ1n) is 10.6. The SMILES string of the molecule is Cc1ccc2cc1-c1nnc3c(C)nc4ccc(nc4n13)C(F)(F)C[C@@H]1COCCC21O. The van der Waals surface area contributed by atoms with Crippen LogP contribution in [0.4, 0.5) is 8.78 Å². The van der Waals surface area contributed by atoms with Gasteiger partial charge in [-0.25, -0.2) is 9.97 Å². The van der Waals surface area contributed by atoms with Crippen molar-refractivity contribution in [3.05, 3.63) is 52.8 Å². The number of alkyl halides is 2. The number of benzene rings is 1. The van der Waals surface area contributed by atoms with Crippen LogP contribution in [-0.2, 0) is 16.3 Å². The lowest BCUT2D eigenvalue weighted by atomic mass is 9.74. The van der Waals surface area contributed by atoms with Gasteiger partial charge in [0.1, 0.15) is 11.2 Å². The molecule has 32 heavy (non-hydrogen) atoms. The van der Waals surface area contributed by atoms with Crippen LogP contribution in [0.5, 0.6) is 0 Å². The largest absolute Gasteiger partial charge is 0.385 e. The van der Waals surface area contributed by atoms with Crippen LogP contribution in [0.3, 0.4) is 0 Å². The fourth-order valence-electron chi connectivity index (χ4n) is 4.97. The van der Waals surface area contributed by atoms with Crippen LogP contribution < -0.4 is 0 Å². The molecule has 6 rings (SSSR count). The van der Waals surface area contributed by atoms with Gasteiger partial charge in [0.05, 0.1) is 17.9 Å². The van der Waals surface area contributed by atoms with Gasteiger partial charge in [-0.1, -0.05) is 12.1 Å². The molecule has 7 nitrogen and oxygen atoms in total. The molecular formula is C23H21F2N5O2. The van der Waals surface area contributed by atoms with Crippen molar-refractivity contribution in [2.24, 2.45) is 5.92 Å². The van der Waals surface area contributed by atoms with Crippen molar-refractivity contribution in [3.63, 3.8) is 0 Å². The van der Waals surface area contributed by atoms with Crippen molar-refractivity contribution in [3.8, 4) is 11.4 Å². The molecule has 0 aliphatic carbocycles. The van der Waals surface area contributed by atoms with E-state index in [4.69, 9.17) is 4.74 Å². The quantitative estimate of drug-likeness (QED) is 0.452. The first-order chi connectivity index (χ1) is 15.3. The fraction of sp³-hybridized carbons (Fsp3) is 0.391. The zero-order valence-corrected chi connectivity index (χ0v) is 17.6. The van der Waals surface area contributed by atoms with Crippen LogP contribution in [-0.4, -0.2) is 42.9 Å². The van der Waals surface area contributed by atoms with Crippen molar-refractivity contribution in [1.82, 2.24) is 24.6 Å². The second kappa shape index (κ2) is 6.49. The minimum Gasteiger partial charge on any atom is -0.385 e. The predicted molar refractivity (Wildman–Crippen MR) is 112 cm³/mol. The van der Waals surface area contributed by atoms with Crippen molar-refractivity contribution in [2.75, 3.05) is 13.2 Å². The summed E-state index contributed by atoms with van der Waals surface area (Å²) in [5, 5.41) is 20.4. The number of fused-ring (bicyclic) bond motifs is 6. The number of halogens is 2. The maximum Gasteiger partial charge on any atom is 0.290 e. The number of ether oxygens (including phenoxy) is 1. The van der Waals surface area contributed by atoms with Crippen molar-refractivity contribution in [1.29, 1.82) is 0 Å². The number of hydrogen-bond acceptors (Lipinski definition) is 6. The van der Waals surface area contributed by atoms with E-state index < -0.39 is 23.9 Å². The lowest BCUT2D eigenvalue weighted by Crippen LogP contribution is -2.45. The number of aromatic nitrogens is 5. The van der Waals surface area contributed by atoms with Crippen LogP contribution in [0.25, 0.3) is 28.2 Å². The highest BCUT2D eigenvalue weighted by atomic mass is 19.3. The summed E-state index contributed by atoms with van der Waals surface area (Å²) in [6.07, 6.45) is -0.347. The number of aryl methyl sites for hydroxylation is 2. The molecule has 0 saturated carbocycles. The normalized spacial score (nSPS) is 24.5. The molecule has 5 heterocycles. The number of rotatable bonds is 0. The molecule has 0 radical (unpaired) electrons. The second-order valence-electron chi connectivity index (χ2n) is 8.80. The van der Waals surface area contributed by atoms with Gasteiger partial charge < -0.3 is 9.84 Å². The summed E-state index contributed by atoms with van der Waals surface area (Å²) in [4.78, 5) is 8.85. The van der Waals surface area contributed by atoms with Crippen LogP contribution in [0.2, 0.25) is 0 Å². The molecule has 1 N–H and O–H groups in total. The molecule has 4 bridgehead atoms. The molecule has 4 aromatic rings. The highest BCUT2D eigenvalue weighted by Crippen LogP contribution is 2.46. The Morgan fingerprint density at radius 3 is 2.78 bits per heavy atom. The van der Waals surface area contributed by atoms with Gasteiger partial charge in [-0.2, -0.15) is 8.78 Å². The summed E-state index contributed by atoms with van der Waals surface area (Å²) >= 11 is 0. The van der Waals surface area contributed by atoms with E-state index in [-0.39, 0.29) is 24.4 Å². The molecule has 1 fully saturated rings. The standard InChI is InChI=1S/C23H21F2N5O2/c1-12-3-4-14-9-16(12)20-29-28-19-13(2)26-17-5-6-18(27-21(17)30(19)20)23(24,25)10-15-11-32-8-7-22(14,15)31/h3-6,9,15,31H,7-8,10-11H2,1-2H3/t15-,22?/m1/s1. The summed E-state index contributed by atoms with van der Waals surface area (Å²) in [6, 6.07) is 8.40. The molecule has 164 valence electrons. The van der Waals surface area contributed by atoms with E-state index in [1.165, 1.54) is 6.07 Å². The number of nitrogens with zero attached hydrogens (tertiary/aromatic N) is 5. The van der Waals surface area contributed by atoms with Gasteiger partial charge in [-0.05, 0) is 43.2 Å². The minimum absolute atomic E-state index is 0.0457. The van der Waals surface area contributed by atoms with E-state index in [0.717, 1.165) is 11.1 Å². The van der Waals surface area contributed by atoms with Gasteiger partial charge in [0.15, 0.2) is 17.1 Å². The lowest BCUT2D eigenvalue weighted by Gasteiger charge is -2.41. The third-order valence-corrected chi connectivity index (χ3v) is 6.82. The van der Waals surface area contributed by atoms with Gasteiger partial charge in [-0.3, -0.25) is 4.40 Å². The summed E-state index contributed by atoms with van der Waals surface area (Å²) < 4.78 is 38.2. The van der Waals surface area contributed by atoms with Crippen molar-refractivity contribution >= 4 is 16.8 Å². The first-order valence-corrected chi connectivity index (χ1v) is 10.6. The maximum atomic E-state index is 15.5. The topological polar surface area (TPSA) is 85.4 Å². The Balaban J connectivity index is 1.76. The third kappa shape index (κ3) is 2.64. The smallest absolute Gasteiger partial charge is 0.290 e. The number of aliphatic hydroxyl groups is 1. The van der Waals surface area contributed by atoms with E-state index in [0.29, 0.717) is 34.9 Å². The van der Waals surface area contributed by atoms with E-state index in [2.05, 4.69) is 20.2 Å². The highest BCUT2D eigenvalue weighted by Gasteiger charge is 2.48. The summed E-state index contributed by atoms with van der Waals surface area (Å²) in [7, 11) is 0. The minimum atomic E-state index is -3.27. The Labute approximate surface area is 182 Å². The van der Waals surface area contributed by atoms with E-state index in [1.54, 1.807) is 17.4 Å². The van der Waals surface area contributed by atoms with Gasteiger partial charge in [0.25, 0.3) is 5.92 Å². The summed E-state index contributed by atoms with van der Waals surface area (Å²) in [5.74, 6) is -3.59. The monoisotopic (exact) mass is 437 g/mol. The van der Waals surface area contributed by atoms with Gasteiger partial charge in [0, 0.05) is 30.9 Å². The average Bonchev–Trinajstić information content (AvgIpc) is 3.21. The van der Waals surface area contributed by atoms with E-state index >= 15 is 8.78 Å². The van der Waals surface area contributed by atoms with Gasteiger partial charge in [0.2, 0.25) is 0 Å². The molecule has 1 saturated heterocycles. The molecule has 2 atom stereocenters. The maximum absolute atomic E-state index is 15.5. The molecule has 2 aliphatic rings. The second-order valence-corrected chi connectivity index (χ2v) is 8.80. The van der Waals surface area contributed by atoms with E-state index in [9.17, 15) is 5.11 Å². The average molecular weight is 437 g/mol. The van der Waals surface area contributed by atoms with E-state index in [1.807, 2.05) is 25.1 Å². The molecule has 0 spiro atoms. The van der Waals surface area contributed by atoms with Crippen LogP contribution in [0.15, 0.2) is 30.3 Å². The Morgan fingerprint density at radius 2 is 1.94 bits per heavy atom. The van der Waals surface area contributed by atoms with Gasteiger partial charge >= 0.3 is 0 Å². The summed E-state index contributed by atoms with van der Waals surface area (Å²) in [6.45, 7) is 4.09. The Morgan fingerprint density at radius 1 is 1.09 bits per heavy atom. The third-order valence-electron chi connectivity index (χ3n) is 6.82. The molecule has 1 unspecified atom stereocenters. The first kappa shape index (κ1) is 19.6. The molecular weight excluding hydrogens is 416 g/mol. The number of hydrogen-bond donors (Lipinski definition) is 1. The van der Waals surface area contributed by atoms with Crippen LogP contribution in [0.1, 0.15) is 35.4 Å². The molecule has 9 heteroatoms. The van der Waals surface area contributed by atoms with Crippen molar-refractivity contribution in [2.45, 2.75) is 38.2 Å². The highest BCUT2D eigenvalue weighted by molar-refractivity contribution is 5.79. The Bertz CT molecular complexity index is 1400. The predicted octanol–water partition coefficient (Wildman–Crippen LogP) is 3.68. The molecule has 0 amide bonds. The molecule has 1 aromatic carbocycles. The lowest BCUT2D eigenvalue weighted by molar-refractivity contribution is -0.153. The zero-order chi connectivity index (χ0) is 22.3. The Hall–Kier alpha value is -3.04. The van der Waals surface area contributed by atoms with Crippen LogP contribution >= 0.6 is 0 Å². The van der Waals surface area contributed by atoms with Crippen LogP contribution in [0, 0.1) is 19.8 Å². The molecule has 2 aliphatic heterocycles. The zero-order valence-electron chi connectivity index (χ0n) is 17.6. The molecule has 3 aromatic heterocycles. The van der Waals surface area contributed by atoms with Gasteiger partial charge in [-0.15, -0.1) is 10.2 Å². The Kier molecular flexibility index (Phi) is 3.98. The summed E-state index contributed by atoms with van der Waals surface area (Å²) in [5.41, 5.74) is 2.31. The van der Waals surface area contributed by atoms with Crippen molar-refractivity contribution < 1.29 is 18.6 Å². The fourth-order valence-corrected chi connectivity index (χ4v) is 4.97. The number of pyridine rings is 1.